The largest absolute Gasteiger partial charge is 0.505 e. The van der Waals surface area contributed by atoms with E-state index in [4.69, 9.17) is 32.7 Å². The molecule has 402 valence electrons. The van der Waals surface area contributed by atoms with Crippen LogP contribution in [0.3, 0.4) is 0 Å². The van der Waals surface area contributed by atoms with Crippen molar-refractivity contribution in [3.8, 4) is 28.3 Å². The van der Waals surface area contributed by atoms with E-state index in [2.05, 4.69) is 206 Å². The third kappa shape index (κ3) is 11.1. The average molecular weight is 1240 g/mol. The number of benzene rings is 7. The summed E-state index contributed by atoms with van der Waals surface area (Å²) in [5.41, 5.74) is 11.0. The molecule has 1 aliphatic rings. The Morgan fingerprint density at radius 3 is 1.65 bits per heavy atom. The van der Waals surface area contributed by atoms with Gasteiger partial charge in [-0.25, -0.2) is 0 Å². The van der Waals surface area contributed by atoms with Gasteiger partial charge in [0.2, 0.25) is 5.79 Å². The van der Waals surface area contributed by atoms with Gasteiger partial charge < -0.3 is 28.8 Å². The second-order valence-corrected chi connectivity index (χ2v) is 26.3. The van der Waals surface area contributed by atoms with Gasteiger partial charge in [-0.05, 0) is 143 Å². The van der Waals surface area contributed by atoms with Crippen molar-refractivity contribution in [2.24, 2.45) is 16.2 Å². The first-order chi connectivity index (χ1) is 36.3. The van der Waals surface area contributed by atoms with Gasteiger partial charge in [0.15, 0.2) is 0 Å². The van der Waals surface area contributed by atoms with Crippen molar-refractivity contribution >= 4 is 72.4 Å². The SMILES string of the molecule is Cc1cc(Cl)cc(C2=CC(C(C)(C)CC(C)(C)C)=CC(n3c4ccccc4c4ccccc43)C2(O)OCCCOc2c(C)cc(Cl)cc2-c2cc(C(C)(C)CC(C)(C)C)cc(-n3c4ccccc4c4ccccc43)c2O)c1.[Hf]. The standard InChI is InChI=1S/C69H74Cl2N2O4.Hf/c1-43-32-45(35-48(70)33-43)56-37-47(68(11,12)42-66(6,7)8)39-62(73-59-28-19-15-24-52(59)53-25-16-20-29-60(53)73)69(56,75)77-31-21-30-76-64-44(2)34-49(71)40-55(64)54-36-46(67(9,10)41-65(3,4)5)38-61(63(54)74)72-57-26-17-13-22-50(57)51-23-14-18-27-58(51)72;/h13-20,22-29,32-40,62,74-75H,21,30-31,41-42H2,1-12H3;. The van der Waals surface area contributed by atoms with Gasteiger partial charge in [0, 0.05) is 91.6 Å². The van der Waals surface area contributed by atoms with E-state index in [-0.39, 0.29) is 66.5 Å². The number of aryl methyl sites for hydroxylation is 2. The molecule has 0 bridgehead atoms. The van der Waals surface area contributed by atoms with Crippen LogP contribution in [0.2, 0.25) is 10.0 Å². The number of aromatic nitrogens is 2. The van der Waals surface area contributed by atoms with Crippen molar-refractivity contribution in [2.75, 3.05) is 13.2 Å². The third-order valence-corrected chi connectivity index (χ3v) is 15.9. The van der Waals surface area contributed by atoms with Gasteiger partial charge in [-0.1, -0.05) is 177 Å². The van der Waals surface area contributed by atoms with Crippen molar-refractivity contribution in [2.45, 2.75) is 120 Å². The molecule has 0 saturated heterocycles. The number of ether oxygens (including phenoxy) is 2. The second kappa shape index (κ2) is 21.6. The zero-order chi connectivity index (χ0) is 55.0. The van der Waals surface area contributed by atoms with Crippen LogP contribution in [-0.2, 0) is 36.0 Å². The summed E-state index contributed by atoms with van der Waals surface area (Å²) < 4.78 is 18.5. The second-order valence-electron chi connectivity index (χ2n) is 25.4. The van der Waals surface area contributed by atoms with Crippen LogP contribution in [0, 0.1) is 30.1 Å². The summed E-state index contributed by atoms with van der Waals surface area (Å²) in [6.07, 6.45) is 6.62. The fourth-order valence-corrected chi connectivity index (χ4v) is 13.6. The van der Waals surface area contributed by atoms with Gasteiger partial charge in [-0.3, -0.25) is 0 Å². The minimum Gasteiger partial charge on any atom is -0.505 e. The van der Waals surface area contributed by atoms with Crippen LogP contribution in [0.25, 0.3) is 66.0 Å². The van der Waals surface area contributed by atoms with Crippen molar-refractivity contribution in [1.29, 1.82) is 0 Å². The molecule has 9 aromatic rings. The Balaban J connectivity index is 0.00000740. The number of phenolic OH excluding ortho intramolecular Hbond substituents is 1. The molecular weight excluding hydrogens is 1170 g/mol. The fourth-order valence-electron chi connectivity index (χ4n) is 13.0. The first-order valence-corrected chi connectivity index (χ1v) is 27.9. The third-order valence-electron chi connectivity index (χ3n) is 15.5. The number of aromatic hydroxyl groups is 1. The molecule has 0 saturated carbocycles. The summed E-state index contributed by atoms with van der Waals surface area (Å²) in [5.74, 6) is -1.11. The molecule has 7 aromatic carbocycles. The topological polar surface area (TPSA) is 68.8 Å². The van der Waals surface area contributed by atoms with Gasteiger partial charge in [0.25, 0.3) is 0 Å². The van der Waals surface area contributed by atoms with E-state index in [9.17, 15) is 10.2 Å². The first kappa shape index (κ1) is 57.3. The maximum Gasteiger partial charge on any atom is 0.218 e. The number of hydrogen-bond acceptors (Lipinski definition) is 4. The molecule has 2 N–H and O–H groups in total. The number of para-hydroxylation sites is 4. The Morgan fingerprint density at radius 1 is 0.590 bits per heavy atom. The van der Waals surface area contributed by atoms with E-state index in [0.717, 1.165) is 84.3 Å². The van der Waals surface area contributed by atoms with Crippen molar-refractivity contribution < 1.29 is 45.5 Å². The molecular formula is C69H74Cl2HfN2O4. The predicted octanol–water partition coefficient (Wildman–Crippen LogP) is 19.1. The molecule has 0 aliphatic heterocycles. The van der Waals surface area contributed by atoms with Crippen LogP contribution in [0.1, 0.15) is 117 Å². The number of fused-ring (bicyclic) bond motifs is 6. The van der Waals surface area contributed by atoms with Crippen LogP contribution in [-0.4, -0.2) is 38.3 Å². The minimum absolute atomic E-state index is 0. The van der Waals surface area contributed by atoms with Gasteiger partial charge in [0.05, 0.1) is 29.9 Å². The van der Waals surface area contributed by atoms with E-state index < -0.39 is 11.8 Å². The fraction of sp³-hybridized carbons (Fsp3) is 0.333. The molecule has 9 heteroatoms. The summed E-state index contributed by atoms with van der Waals surface area (Å²) in [4.78, 5) is 0. The van der Waals surface area contributed by atoms with Gasteiger partial charge in [0.1, 0.15) is 17.5 Å². The monoisotopic (exact) mass is 1240 g/mol. The molecule has 0 radical (unpaired) electrons. The van der Waals surface area contributed by atoms with E-state index in [1.54, 1.807) is 0 Å². The number of halogens is 2. The normalized spacial score (nSPS) is 16.5. The van der Waals surface area contributed by atoms with Crippen molar-refractivity contribution in [3.05, 3.63) is 190 Å². The van der Waals surface area contributed by atoms with Gasteiger partial charge in [-0.2, -0.15) is 0 Å². The molecule has 78 heavy (non-hydrogen) atoms. The molecule has 2 atom stereocenters. The van der Waals surface area contributed by atoms with Crippen molar-refractivity contribution in [1.82, 2.24) is 9.13 Å². The van der Waals surface area contributed by atoms with E-state index in [1.807, 2.05) is 38.1 Å². The zero-order valence-electron chi connectivity index (χ0n) is 47.4. The summed E-state index contributed by atoms with van der Waals surface area (Å²) in [6, 6.07) is 47.0. The molecule has 0 amide bonds. The molecule has 10 rings (SSSR count). The van der Waals surface area contributed by atoms with Crippen LogP contribution in [0.15, 0.2) is 157 Å². The van der Waals surface area contributed by atoms with Crippen LogP contribution in [0.4, 0.5) is 0 Å². The Morgan fingerprint density at radius 2 is 1.10 bits per heavy atom. The smallest absolute Gasteiger partial charge is 0.218 e. The molecule has 2 aromatic heterocycles. The van der Waals surface area contributed by atoms with Gasteiger partial charge in [-0.15, -0.1) is 0 Å². The predicted molar refractivity (Wildman–Crippen MR) is 324 cm³/mol. The first-order valence-electron chi connectivity index (χ1n) is 27.2. The summed E-state index contributed by atoms with van der Waals surface area (Å²) in [5, 5.41) is 32.3. The Hall–Kier alpha value is -5.41. The molecule has 2 unspecified atom stereocenters. The number of allylic oxidation sites excluding steroid dienone is 2. The minimum atomic E-state index is -1.86. The quantitative estimate of drug-likeness (QED) is 0.0647. The Labute approximate surface area is 490 Å². The number of hydrogen-bond donors (Lipinski definition) is 2. The average Bonchev–Trinajstić information content (AvgIpc) is 4.03. The molecule has 0 fully saturated rings. The maximum absolute atomic E-state index is 13.9. The summed E-state index contributed by atoms with van der Waals surface area (Å²) in [6.45, 7) is 27.3. The number of rotatable bonds is 14. The summed E-state index contributed by atoms with van der Waals surface area (Å²) in [7, 11) is 0. The summed E-state index contributed by atoms with van der Waals surface area (Å²) >= 11 is 13.9. The molecule has 2 heterocycles. The van der Waals surface area contributed by atoms with Crippen molar-refractivity contribution in [3.63, 3.8) is 0 Å². The number of aliphatic hydroxyl groups is 1. The van der Waals surface area contributed by atoms with Crippen LogP contribution in [0.5, 0.6) is 11.5 Å². The Kier molecular flexibility index (Phi) is 15.8. The number of nitrogens with zero attached hydrogens (tertiary/aromatic N) is 2. The Bertz CT molecular complexity index is 3680. The number of phenols is 1. The maximum atomic E-state index is 13.9. The van der Waals surface area contributed by atoms with Gasteiger partial charge >= 0.3 is 0 Å². The van der Waals surface area contributed by atoms with E-state index in [1.165, 1.54) is 0 Å². The van der Waals surface area contributed by atoms with Crippen LogP contribution < -0.4 is 4.74 Å². The zero-order valence-corrected chi connectivity index (χ0v) is 52.5. The molecule has 6 nitrogen and oxygen atoms in total. The molecule has 0 spiro atoms. The van der Waals surface area contributed by atoms with E-state index >= 15 is 0 Å². The van der Waals surface area contributed by atoms with Crippen LogP contribution >= 0.6 is 23.2 Å². The van der Waals surface area contributed by atoms with E-state index in [0.29, 0.717) is 44.6 Å². The molecule has 1 aliphatic carbocycles.